The van der Waals surface area contributed by atoms with E-state index in [1.165, 1.54) is 0 Å². The molecule has 3 aliphatic rings. The van der Waals surface area contributed by atoms with Gasteiger partial charge in [0.2, 0.25) is 11.8 Å². The second-order valence-electron chi connectivity index (χ2n) is 7.10. The summed E-state index contributed by atoms with van der Waals surface area (Å²) in [4.78, 5) is 30.5. The van der Waals surface area contributed by atoms with Crippen LogP contribution in [-0.4, -0.2) is 83.1 Å². The molecule has 0 aromatic carbocycles. The molecule has 0 unspecified atom stereocenters. The summed E-state index contributed by atoms with van der Waals surface area (Å²) in [6.07, 6.45) is 2.35. The lowest BCUT2D eigenvalue weighted by molar-refractivity contribution is -0.134. The van der Waals surface area contributed by atoms with Gasteiger partial charge in [-0.15, -0.1) is 0 Å². The summed E-state index contributed by atoms with van der Waals surface area (Å²) in [5.74, 6) is 0.613. The van der Waals surface area contributed by atoms with Crippen molar-refractivity contribution in [3.8, 4) is 0 Å². The third-order valence-corrected chi connectivity index (χ3v) is 5.03. The summed E-state index contributed by atoms with van der Waals surface area (Å²) in [5, 5.41) is 7.55. The van der Waals surface area contributed by atoms with E-state index in [1.807, 2.05) is 4.90 Å². The molecule has 0 spiro atoms. The number of aryl methyl sites for hydroxylation is 1. The normalized spacial score (nSPS) is 24.0. The van der Waals surface area contributed by atoms with Gasteiger partial charge in [0.25, 0.3) is 0 Å². The molecule has 3 saturated heterocycles. The monoisotopic (exact) mass is 335 g/mol. The molecule has 0 saturated carbocycles. The Balaban J connectivity index is 1.66. The summed E-state index contributed by atoms with van der Waals surface area (Å²) in [6, 6.07) is 0.173. The van der Waals surface area contributed by atoms with E-state index in [1.54, 1.807) is 25.9 Å². The molecule has 1 aromatic rings. The van der Waals surface area contributed by atoms with E-state index in [0.29, 0.717) is 23.9 Å². The van der Waals surface area contributed by atoms with Crippen LogP contribution in [-0.2, 0) is 16.0 Å². The maximum Gasteiger partial charge on any atom is 0.236 e. The van der Waals surface area contributed by atoms with Gasteiger partial charge in [-0.05, 0) is 25.7 Å². The van der Waals surface area contributed by atoms with Gasteiger partial charge in [0.1, 0.15) is 11.4 Å². The van der Waals surface area contributed by atoms with Crippen LogP contribution in [0.2, 0.25) is 0 Å². The molecule has 3 aliphatic heterocycles. The molecule has 4 heterocycles. The Bertz CT molecular complexity index is 615. The van der Waals surface area contributed by atoms with Crippen LogP contribution in [0.15, 0.2) is 4.63 Å². The van der Waals surface area contributed by atoms with E-state index in [-0.39, 0.29) is 24.3 Å². The molecule has 2 amide bonds. The number of fused-ring (bicyclic) bond motifs is 4. The molecule has 1 aromatic heterocycles. The first kappa shape index (κ1) is 16.9. The molecule has 8 nitrogen and oxygen atoms in total. The molecule has 0 aliphatic carbocycles. The van der Waals surface area contributed by atoms with Gasteiger partial charge in [-0.1, -0.05) is 10.3 Å². The van der Waals surface area contributed by atoms with Gasteiger partial charge in [-0.3, -0.25) is 14.5 Å². The van der Waals surface area contributed by atoms with Gasteiger partial charge in [-0.2, -0.15) is 0 Å². The highest BCUT2D eigenvalue weighted by atomic mass is 16.6. The van der Waals surface area contributed by atoms with E-state index < -0.39 is 0 Å². The van der Waals surface area contributed by atoms with Crippen LogP contribution in [0.1, 0.15) is 24.2 Å². The fourth-order valence-electron chi connectivity index (χ4n) is 3.60. The molecule has 2 bridgehead atoms. The Morgan fingerprint density at radius 3 is 2.67 bits per heavy atom. The predicted octanol–water partition coefficient (Wildman–Crippen LogP) is -0.0685. The molecule has 0 radical (unpaired) electrons. The topological polar surface area (TPSA) is 82.8 Å². The minimum absolute atomic E-state index is 0.0734. The average molecular weight is 335 g/mol. The van der Waals surface area contributed by atoms with Crippen LogP contribution >= 0.6 is 0 Å². The Hall–Kier alpha value is -1.96. The minimum atomic E-state index is 0.0734. The summed E-state index contributed by atoms with van der Waals surface area (Å²) < 4.78 is 4.68. The second kappa shape index (κ2) is 6.88. The van der Waals surface area contributed by atoms with Crippen LogP contribution in [0.5, 0.6) is 0 Å². The summed E-state index contributed by atoms with van der Waals surface area (Å²) >= 11 is 0. The smallest absolute Gasteiger partial charge is 0.236 e. The van der Waals surface area contributed by atoms with Crippen molar-refractivity contribution in [2.45, 2.75) is 32.2 Å². The summed E-state index contributed by atoms with van der Waals surface area (Å²) in [6.45, 7) is 4.62. The largest absolute Gasteiger partial charge is 0.348 e. The third kappa shape index (κ3) is 3.58. The summed E-state index contributed by atoms with van der Waals surface area (Å²) in [5.41, 5.74) is 1.28. The van der Waals surface area contributed by atoms with E-state index in [2.05, 4.69) is 19.8 Å². The zero-order valence-corrected chi connectivity index (χ0v) is 14.6. The van der Waals surface area contributed by atoms with Gasteiger partial charge in [0.15, 0.2) is 0 Å². The molecule has 8 heteroatoms. The number of aromatic nitrogens is 2. The number of amides is 2. The van der Waals surface area contributed by atoms with Crippen LogP contribution in [0.25, 0.3) is 0 Å². The number of carbonyl (C=O) groups excluding carboxylic acids is 2. The number of rotatable bonds is 4. The van der Waals surface area contributed by atoms with Crippen molar-refractivity contribution in [3.05, 3.63) is 11.4 Å². The van der Waals surface area contributed by atoms with Gasteiger partial charge in [0.05, 0.1) is 13.0 Å². The predicted molar refractivity (Wildman–Crippen MR) is 86.1 cm³/mol. The Kier molecular flexibility index (Phi) is 4.84. The highest BCUT2D eigenvalue weighted by Gasteiger charge is 2.37. The zero-order valence-electron chi connectivity index (χ0n) is 14.6. The van der Waals surface area contributed by atoms with E-state index in [4.69, 9.17) is 0 Å². The lowest BCUT2D eigenvalue weighted by Crippen LogP contribution is -2.48. The highest BCUT2D eigenvalue weighted by Crippen LogP contribution is 2.28. The van der Waals surface area contributed by atoms with Gasteiger partial charge in [0, 0.05) is 39.8 Å². The van der Waals surface area contributed by atoms with Crippen LogP contribution in [0.4, 0.5) is 0 Å². The quantitative estimate of drug-likeness (QED) is 0.766. The third-order valence-electron chi connectivity index (χ3n) is 5.03. The van der Waals surface area contributed by atoms with E-state index >= 15 is 0 Å². The van der Waals surface area contributed by atoms with Crippen molar-refractivity contribution in [2.75, 3.05) is 40.3 Å². The zero-order chi connectivity index (χ0) is 17.3. The number of nitrogens with zero attached hydrogens (tertiary/aromatic N) is 5. The first-order valence-corrected chi connectivity index (χ1v) is 8.44. The standard InChI is InChI=1S/C16H25N5O3/c1-11-14(18-24-17-11)6-15(22)21-8-12-4-5-13(21)9-20(7-12)10-16(23)19(2)3/h12-13H,4-10H2,1-3H3/t12-,13+/m1/s1. The maximum absolute atomic E-state index is 12.7. The van der Waals surface area contributed by atoms with E-state index in [0.717, 1.165) is 32.5 Å². The molecule has 2 atom stereocenters. The van der Waals surface area contributed by atoms with Crippen LogP contribution in [0.3, 0.4) is 0 Å². The lowest BCUT2D eigenvalue weighted by atomic mass is 9.94. The Labute approximate surface area is 141 Å². The highest BCUT2D eigenvalue weighted by molar-refractivity contribution is 5.79. The first-order chi connectivity index (χ1) is 11.4. The van der Waals surface area contributed by atoms with Gasteiger partial charge >= 0.3 is 0 Å². The Morgan fingerprint density at radius 2 is 2.00 bits per heavy atom. The van der Waals surface area contributed by atoms with Gasteiger partial charge < -0.3 is 9.80 Å². The van der Waals surface area contributed by atoms with Crippen molar-refractivity contribution in [2.24, 2.45) is 5.92 Å². The number of carbonyl (C=O) groups is 2. The first-order valence-electron chi connectivity index (χ1n) is 8.44. The van der Waals surface area contributed by atoms with Crippen molar-refractivity contribution in [1.82, 2.24) is 25.0 Å². The number of hydrogen-bond donors (Lipinski definition) is 0. The van der Waals surface area contributed by atoms with Crippen molar-refractivity contribution in [1.29, 1.82) is 0 Å². The Morgan fingerprint density at radius 1 is 1.21 bits per heavy atom. The number of piperidine rings is 1. The summed E-state index contributed by atoms with van der Waals surface area (Å²) in [7, 11) is 3.55. The molecular weight excluding hydrogens is 310 g/mol. The van der Waals surface area contributed by atoms with Crippen molar-refractivity contribution in [3.63, 3.8) is 0 Å². The number of likely N-dealkylation sites (N-methyl/N-ethyl adjacent to an activating group) is 1. The maximum atomic E-state index is 12.7. The van der Waals surface area contributed by atoms with Crippen molar-refractivity contribution >= 4 is 11.8 Å². The van der Waals surface area contributed by atoms with E-state index in [9.17, 15) is 9.59 Å². The fourth-order valence-corrected chi connectivity index (χ4v) is 3.60. The fraction of sp³-hybridized carbons (Fsp3) is 0.750. The average Bonchev–Trinajstić information content (AvgIpc) is 2.75. The molecule has 0 N–H and O–H groups in total. The SMILES string of the molecule is Cc1nonc1CC(=O)N1C[C@@H]2CC[C@H]1CN(CC(=O)N(C)C)C2. The lowest BCUT2D eigenvalue weighted by Gasteiger charge is -2.36. The molecular formula is C16H25N5O3. The minimum Gasteiger partial charge on any atom is -0.348 e. The van der Waals surface area contributed by atoms with Crippen LogP contribution in [0, 0.1) is 12.8 Å². The number of hydrogen-bond acceptors (Lipinski definition) is 6. The molecule has 24 heavy (non-hydrogen) atoms. The van der Waals surface area contributed by atoms with Gasteiger partial charge in [-0.25, -0.2) is 4.63 Å². The van der Waals surface area contributed by atoms with Crippen molar-refractivity contribution < 1.29 is 14.2 Å². The van der Waals surface area contributed by atoms with Crippen LogP contribution < -0.4 is 0 Å². The molecule has 132 valence electrons. The molecule has 3 fully saturated rings. The second-order valence-corrected chi connectivity index (χ2v) is 7.10. The molecule has 4 rings (SSSR count).